The molecule has 0 aromatic heterocycles. The third kappa shape index (κ3) is 5.70. The summed E-state index contributed by atoms with van der Waals surface area (Å²) in [6.07, 6.45) is 2.41. The molecule has 0 radical (unpaired) electrons. The van der Waals surface area contributed by atoms with Gasteiger partial charge in [-0.3, -0.25) is 4.79 Å². The van der Waals surface area contributed by atoms with Gasteiger partial charge in [-0.1, -0.05) is 0 Å². The predicted octanol–water partition coefficient (Wildman–Crippen LogP) is -1.73. The van der Waals surface area contributed by atoms with E-state index in [2.05, 4.69) is 17.4 Å². The summed E-state index contributed by atoms with van der Waals surface area (Å²) < 4.78 is 10.8. The lowest BCUT2D eigenvalue weighted by molar-refractivity contribution is -1.02. The van der Waals surface area contributed by atoms with E-state index in [1.807, 2.05) is 12.1 Å². The van der Waals surface area contributed by atoms with Crippen LogP contribution in [0.4, 0.5) is 0 Å². The smallest absolute Gasteiger partial charge is 0.275 e. The molecule has 25 heavy (non-hydrogen) atoms. The normalized spacial score (nSPS) is 26.4. The van der Waals surface area contributed by atoms with E-state index in [1.54, 1.807) is 12.0 Å². The largest absolute Gasteiger partial charge is 0.497 e. The van der Waals surface area contributed by atoms with Crippen molar-refractivity contribution in [1.29, 1.82) is 0 Å². The molecule has 0 bridgehead atoms. The monoisotopic (exact) mass is 349 g/mol. The minimum atomic E-state index is 0.157. The summed E-state index contributed by atoms with van der Waals surface area (Å²) in [6, 6.07) is 8.33. The topological polar surface area (TPSA) is 56.4 Å². The molecule has 6 heteroatoms. The first kappa shape index (κ1) is 18.2. The van der Waals surface area contributed by atoms with Gasteiger partial charge in [-0.05, 0) is 37.1 Å². The number of piperazine rings is 1. The molecule has 3 rings (SSSR count). The summed E-state index contributed by atoms with van der Waals surface area (Å²) in [7, 11) is 1.69. The summed E-state index contributed by atoms with van der Waals surface area (Å²) >= 11 is 0. The zero-order valence-electron chi connectivity index (χ0n) is 15.2. The van der Waals surface area contributed by atoms with Crippen LogP contribution in [0.25, 0.3) is 0 Å². The minimum absolute atomic E-state index is 0.157. The van der Waals surface area contributed by atoms with E-state index < -0.39 is 0 Å². The second kappa shape index (κ2) is 9.17. The number of hydrogen-bond acceptors (Lipinski definition) is 3. The van der Waals surface area contributed by atoms with E-state index in [0.717, 1.165) is 57.9 Å². The van der Waals surface area contributed by atoms with Gasteiger partial charge in [0.2, 0.25) is 0 Å². The highest BCUT2D eigenvalue weighted by molar-refractivity contribution is 5.76. The molecule has 1 aromatic rings. The fraction of sp³-hybridized carbons (Fsp3) is 0.632. The molecule has 0 unspecified atom stereocenters. The van der Waals surface area contributed by atoms with Gasteiger partial charge in [0.15, 0.2) is 6.54 Å². The third-order valence-electron chi connectivity index (χ3n) is 5.24. The zero-order valence-corrected chi connectivity index (χ0v) is 15.2. The Kier molecular flexibility index (Phi) is 6.67. The summed E-state index contributed by atoms with van der Waals surface area (Å²) in [6.45, 7) is 7.47. The molecule has 6 nitrogen and oxygen atoms in total. The first-order valence-electron chi connectivity index (χ1n) is 9.41. The molecule has 1 amide bonds. The average molecular weight is 349 g/mol. The number of amides is 1. The molecular weight excluding hydrogens is 318 g/mol. The molecule has 2 saturated heterocycles. The number of ether oxygens (including phenoxy) is 2. The van der Waals surface area contributed by atoms with Gasteiger partial charge in [0.25, 0.3) is 5.91 Å². The third-order valence-corrected chi connectivity index (χ3v) is 5.24. The molecule has 3 N–H and O–H groups in total. The second-order valence-electron chi connectivity index (χ2n) is 7.14. The van der Waals surface area contributed by atoms with Crippen LogP contribution in [0.3, 0.4) is 0 Å². The van der Waals surface area contributed by atoms with Crippen molar-refractivity contribution in [2.24, 2.45) is 0 Å². The number of benzene rings is 1. The summed E-state index contributed by atoms with van der Waals surface area (Å²) in [5.41, 5.74) is 1.34. The SMILES string of the molecule is COc1ccc(C[NH+]2CC[NH+](CC(=O)NC[C@H]3CCCO3)CC2)cc1. The molecule has 2 aliphatic heterocycles. The van der Waals surface area contributed by atoms with Gasteiger partial charge in [-0.2, -0.15) is 0 Å². The number of quaternary nitrogens is 2. The first-order valence-corrected chi connectivity index (χ1v) is 9.41. The standard InChI is InChI=1S/C19H29N3O3/c1-24-17-6-4-16(5-7-17)14-21-8-10-22(11-9-21)15-19(23)20-13-18-3-2-12-25-18/h4-7,18H,2-3,8-15H2,1H3,(H,20,23)/p+2/t18-/m1/s1. The molecule has 0 saturated carbocycles. The van der Waals surface area contributed by atoms with Gasteiger partial charge in [-0.25, -0.2) is 0 Å². The van der Waals surface area contributed by atoms with Gasteiger partial charge in [0.05, 0.1) is 13.2 Å². The molecule has 0 spiro atoms. The lowest BCUT2D eigenvalue weighted by Crippen LogP contribution is -3.28. The van der Waals surface area contributed by atoms with E-state index in [9.17, 15) is 4.79 Å². The Morgan fingerprint density at radius 1 is 1.20 bits per heavy atom. The van der Waals surface area contributed by atoms with Crippen molar-refractivity contribution in [2.45, 2.75) is 25.5 Å². The fourth-order valence-corrected chi connectivity index (χ4v) is 3.67. The molecule has 2 aliphatic rings. The Hall–Kier alpha value is -1.63. The van der Waals surface area contributed by atoms with Gasteiger partial charge in [0.1, 0.15) is 38.5 Å². The molecule has 1 aromatic carbocycles. The molecule has 138 valence electrons. The van der Waals surface area contributed by atoms with Gasteiger partial charge < -0.3 is 24.6 Å². The summed E-state index contributed by atoms with van der Waals surface area (Å²) in [5.74, 6) is 1.06. The van der Waals surface area contributed by atoms with Crippen LogP contribution in [0.15, 0.2) is 24.3 Å². The Morgan fingerprint density at radius 3 is 2.56 bits per heavy atom. The van der Waals surface area contributed by atoms with Crippen molar-refractivity contribution in [2.75, 3.05) is 53.0 Å². The Morgan fingerprint density at radius 2 is 1.92 bits per heavy atom. The van der Waals surface area contributed by atoms with E-state index >= 15 is 0 Å². The van der Waals surface area contributed by atoms with E-state index in [-0.39, 0.29) is 12.0 Å². The van der Waals surface area contributed by atoms with E-state index in [0.29, 0.717) is 13.1 Å². The van der Waals surface area contributed by atoms with Crippen molar-refractivity contribution in [3.8, 4) is 5.75 Å². The Labute approximate surface area is 150 Å². The number of methoxy groups -OCH3 is 1. The fourth-order valence-electron chi connectivity index (χ4n) is 3.67. The number of carbonyl (C=O) groups is 1. The van der Waals surface area contributed by atoms with Gasteiger partial charge in [0, 0.05) is 18.7 Å². The average Bonchev–Trinajstić information content (AvgIpc) is 3.16. The predicted molar refractivity (Wildman–Crippen MR) is 94.9 cm³/mol. The van der Waals surface area contributed by atoms with Crippen molar-refractivity contribution >= 4 is 5.91 Å². The lowest BCUT2D eigenvalue weighted by Gasteiger charge is -2.29. The second-order valence-corrected chi connectivity index (χ2v) is 7.14. The summed E-state index contributed by atoms with van der Waals surface area (Å²) in [4.78, 5) is 15.1. The molecule has 2 heterocycles. The van der Waals surface area contributed by atoms with Crippen molar-refractivity contribution in [3.63, 3.8) is 0 Å². The van der Waals surface area contributed by atoms with E-state index in [1.165, 1.54) is 10.5 Å². The maximum Gasteiger partial charge on any atom is 0.275 e. The van der Waals surface area contributed by atoms with Crippen LogP contribution in [0.5, 0.6) is 5.75 Å². The Bertz CT molecular complexity index is 535. The van der Waals surface area contributed by atoms with Gasteiger partial charge >= 0.3 is 0 Å². The molecule has 0 aliphatic carbocycles. The number of carbonyl (C=O) groups excluding carboxylic acids is 1. The van der Waals surface area contributed by atoms with Crippen LogP contribution in [0.2, 0.25) is 0 Å². The van der Waals surface area contributed by atoms with Crippen LogP contribution in [0.1, 0.15) is 18.4 Å². The highest BCUT2D eigenvalue weighted by Crippen LogP contribution is 2.11. The van der Waals surface area contributed by atoms with Gasteiger partial charge in [-0.15, -0.1) is 0 Å². The maximum atomic E-state index is 12.1. The van der Waals surface area contributed by atoms with Crippen LogP contribution in [-0.2, 0) is 16.1 Å². The quantitative estimate of drug-likeness (QED) is 0.549. The summed E-state index contributed by atoms with van der Waals surface area (Å²) in [5, 5.41) is 3.03. The van der Waals surface area contributed by atoms with Crippen LogP contribution < -0.4 is 19.9 Å². The first-order chi connectivity index (χ1) is 12.2. The van der Waals surface area contributed by atoms with E-state index in [4.69, 9.17) is 9.47 Å². The molecular formula is C19H31N3O3+2. The lowest BCUT2D eigenvalue weighted by atomic mass is 10.2. The molecule has 1 atom stereocenters. The van der Waals surface area contributed by atoms with Crippen LogP contribution in [0, 0.1) is 0 Å². The van der Waals surface area contributed by atoms with Crippen LogP contribution >= 0.6 is 0 Å². The van der Waals surface area contributed by atoms with Crippen molar-refractivity contribution in [3.05, 3.63) is 29.8 Å². The number of nitrogens with one attached hydrogen (secondary N) is 3. The van der Waals surface area contributed by atoms with Crippen molar-refractivity contribution < 1.29 is 24.1 Å². The Balaban J connectivity index is 1.34. The minimum Gasteiger partial charge on any atom is -0.497 e. The zero-order chi connectivity index (χ0) is 17.5. The number of hydrogen-bond donors (Lipinski definition) is 3. The number of rotatable bonds is 7. The highest BCUT2D eigenvalue weighted by atomic mass is 16.5. The van der Waals surface area contributed by atoms with Crippen LogP contribution in [-0.4, -0.2) is 65.0 Å². The molecule has 2 fully saturated rings. The van der Waals surface area contributed by atoms with Crippen molar-refractivity contribution in [1.82, 2.24) is 5.32 Å². The maximum absolute atomic E-state index is 12.1. The highest BCUT2D eigenvalue weighted by Gasteiger charge is 2.25.